The molecule has 102 valence electrons. The van der Waals surface area contributed by atoms with Crippen molar-refractivity contribution < 1.29 is 0 Å². The number of fused-ring (bicyclic) bond motifs is 1. The summed E-state index contributed by atoms with van der Waals surface area (Å²) in [7, 11) is 0. The largest absolute Gasteiger partial charge is 0.330 e. The van der Waals surface area contributed by atoms with E-state index in [2.05, 4.69) is 4.98 Å². The second-order valence-corrected chi connectivity index (χ2v) is 5.99. The van der Waals surface area contributed by atoms with Gasteiger partial charge in [-0.1, -0.05) is 35.3 Å². The zero-order valence-corrected chi connectivity index (χ0v) is 13.3. The van der Waals surface area contributed by atoms with Crippen LogP contribution in [0.3, 0.4) is 0 Å². The van der Waals surface area contributed by atoms with Crippen LogP contribution in [0.15, 0.2) is 30.3 Å². The molecule has 0 saturated heterocycles. The number of aromatic nitrogens is 2. The average molecular weight is 323 g/mol. The lowest BCUT2D eigenvalue weighted by molar-refractivity contribution is 1.06. The van der Waals surface area contributed by atoms with E-state index < -0.39 is 0 Å². The maximum absolute atomic E-state index is 6.37. The molecule has 0 amide bonds. The topological polar surface area (TPSA) is 20.7 Å². The number of benzene rings is 2. The molecule has 2 aromatic carbocycles. The first-order valence-corrected chi connectivity index (χ1v) is 7.32. The van der Waals surface area contributed by atoms with Crippen LogP contribution in [0.25, 0.3) is 16.7 Å². The number of aromatic amines is 1. The van der Waals surface area contributed by atoms with Crippen molar-refractivity contribution in [1.82, 2.24) is 9.55 Å². The molecule has 2 nitrogen and oxygen atoms in total. The van der Waals surface area contributed by atoms with Gasteiger partial charge in [0.2, 0.25) is 0 Å². The van der Waals surface area contributed by atoms with Crippen LogP contribution >= 0.6 is 35.4 Å². The third kappa shape index (κ3) is 2.06. The van der Waals surface area contributed by atoms with E-state index in [0.717, 1.165) is 27.8 Å². The van der Waals surface area contributed by atoms with Gasteiger partial charge in [0.15, 0.2) is 4.77 Å². The number of H-pyrrole nitrogens is 1. The summed E-state index contributed by atoms with van der Waals surface area (Å²) in [5.41, 5.74) is 4.90. The van der Waals surface area contributed by atoms with E-state index in [9.17, 15) is 0 Å². The van der Waals surface area contributed by atoms with Gasteiger partial charge in [-0.15, -0.1) is 0 Å². The third-order valence-corrected chi connectivity index (χ3v) is 4.39. The minimum absolute atomic E-state index is 0.608. The molecule has 0 bridgehead atoms. The van der Waals surface area contributed by atoms with Crippen molar-refractivity contribution in [3.8, 4) is 5.69 Å². The Morgan fingerprint density at radius 3 is 2.55 bits per heavy atom. The lowest BCUT2D eigenvalue weighted by Gasteiger charge is -2.09. The fraction of sp³-hybridized carbons (Fsp3) is 0.133. The molecule has 1 N–H and O–H groups in total. The Morgan fingerprint density at radius 1 is 1.05 bits per heavy atom. The first kappa shape index (κ1) is 13.7. The maximum atomic E-state index is 6.37. The molecule has 1 heterocycles. The van der Waals surface area contributed by atoms with E-state index in [4.69, 9.17) is 35.4 Å². The monoisotopic (exact) mass is 322 g/mol. The van der Waals surface area contributed by atoms with Crippen molar-refractivity contribution in [3.05, 3.63) is 56.3 Å². The number of rotatable bonds is 1. The Morgan fingerprint density at radius 2 is 1.80 bits per heavy atom. The average Bonchev–Trinajstić information content (AvgIpc) is 2.72. The number of halogens is 2. The summed E-state index contributed by atoms with van der Waals surface area (Å²) >= 11 is 18.0. The van der Waals surface area contributed by atoms with E-state index in [0.29, 0.717) is 14.8 Å². The lowest BCUT2D eigenvalue weighted by atomic mass is 10.2. The molecule has 5 heteroatoms. The predicted octanol–water partition coefficient (Wildman–Crippen LogP) is 5.61. The summed E-state index contributed by atoms with van der Waals surface area (Å²) in [6.07, 6.45) is 0. The van der Waals surface area contributed by atoms with Crippen LogP contribution in [0.2, 0.25) is 10.0 Å². The Labute approximate surface area is 132 Å². The maximum Gasteiger partial charge on any atom is 0.182 e. The highest BCUT2D eigenvalue weighted by molar-refractivity contribution is 7.71. The summed E-state index contributed by atoms with van der Waals surface area (Å²) in [4.78, 5) is 3.23. The molecule has 20 heavy (non-hydrogen) atoms. The Hall–Kier alpha value is -1.29. The molecule has 0 unspecified atom stereocenters. The van der Waals surface area contributed by atoms with E-state index in [1.807, 2.05) is 48.7 Å². The van der Waals surface area contributed by atoms with Gasteiger partial charge in [0.1, 0.15) is 0 Å². The number of nitrogens with zero attached hydrogens (tertiary/aromatic N) is 1. The zero-order valence-electron chi connectivity index (χ0n) is 11.0. The second-order valence-electron chi connectivity index (χ2n) is 4.79. The number of hydrogen-bond donors (Lipinski definition) is 1. The minimum atomic E-state index is 0.608. The minimum Gasteiger partial charge on any atom is -0.330 e. The summed E-state index contributed by atoms with van der Waals surface area (Å²) in [6.45, 7) is 3.97. The van der Waals surface area contributed by atoms with Crippen LogP contribution in [0, 0.1) is 18.6 Å². The molecule has 0 aliphatic rings. The Balaban J connectivity index is 2.41. The molecule has 0 aliphatic carbocycles. The first-order valence-electron chi connectivity index (χ1n) is 6.15. The van der Waals surface area contributed by atoms with Gasteiger partial charge in [-0.25, -0.2) is 0 Å². The number of para-hydroxylation sites is 1. The number of nitrogens with one attached hydrogen (secondary N) is 1. The van der Waals surface area contributed by atoms with Crippen LogP contribution in [0.4, 0.5) is 0 Å². The molecule has 3 aromatic rings. The van der Waals surface area contributed by atoms with Crippen molar-refractivity contribution in [3.63, 3.8) is 0 Å². The highest BCUT2D eigenvalue weighted by Crippen LogP contribution is 2.31. The molecule has 0 aliphatic heterocycles. The van der Waals surface area contributed by atoms with Crippen molar-refractivity contribution in [2.24, 2.45) is 0 Å². The van der Waals surface area contributed by atoms with Crippen LogP contribution in [0.1, 0.15) is 11.1 Å². The normalized spacial score (nSPS) is 11.2. The smallest absolute Gasteiger partial charge is 0.182 e. The highest BCUT2D eigenvalue weighted by atomic mass is 35.5. The Kier molecular flexibility index (Phi) is 3.36. The van der Waals surface area contributed by atoms with Crippen LogP contribution in [-0.4, -0.2) is 9.55 Å². The first-order chi connectivity index (χ1) is 9.49. The zero-order chi connectivity index (χ0) is 14.4. The predicted molar refractivity (Wildman–Crippen MR) is 88.0 cm³/mol. The molecule has 0 atom stereocenters. The molecular weight excluding hydrogens is 311 g/mol. The van der Waals surface area contributed by atoms with E-state index >= 15 is 0 Å². The van der Waals surface area contributed by atoms with Gasteiger partial charge < -0.3 is 4.98 Å². The van der Waals surface area contributed by atoms with Gasteiger partial charge in [0, 0.05) is 5.02 Å². The van der Waals surface area contributed by atoms with Gasteiger partial charge >= 0.3 is 0 Å². The molecule has 0 spiro atoms. The summed E-state index contributed by atoms with van der Waals surface area (Å²) in [5, 5.41) is 1.30. The van der Waals surface area contributed by atoms with Crippen LogP contribution in [-0.2, 0) is 0 Å². The number of imidazole rings is 1. The van der Waals surface area contributed by atoms with Crippen LogP contribution in [0.5, 0.6) is 0 Å². The summed E-state index contributed by atoms with van der Waals surface area (Å²) in [6, 6.07) is 9.77. The standard InChI is InChI=1S/C15H12Cl2N2S/c1-8-4-3-5-12-14(8)18-15(20)19(12)13-7-10(16)9(2)6-11(13)17/h3-7H,1-2H3,(H,18,20). The molecule has 0 saturated carbocycles. The van der Waals surface area contributed by atoms with Crippen LogP contribution < -0.4 is 0 Å². The second kappa shape index (κ2) is 4.92. The molecular formula is C15H12Cl2N2S. The van der Waals surface area contributed by atoms with Gasteiger partial charge in [-0.2, -0.15) is 0 Å². The summed E-state index contributed by atoms with van der Waals surface area (Å²) in [5.74, 6) is 0. The fourth-order valence-electron chi connectivity index (χ4n) is 2.32. The van der Waals surface area contributed by atoms with E-state index in [1.54, 1.807) is 0 Å². The van der Waals surface area contributed by atoms with Gasteiger partial charge in [-0.05, 0) is 55.4 Å². The van der Waals surface area contributed by atoms with Crippen molar-refractivity contribution in [1.29, 1.82) is 0 Å². The molecule has 0 fully saturated rings. The quantitative estimate of drug-likeness (QED) is 0.577. The Bertz CT molecular complexity index is 877. The van der Waals surface area contributed by atoms with Crippen molar-refractivity contribution in [2.75, 3.05) is 0 Å². The highest BCUT2D eigenvalue weighted by Gasteiger charge is 2.12. The third-order valence-electron chi connectivity index (χ3n) is 3.40. The summed E-state index contributed by atoms with van der Waals surface area (Å²) < 4.78 is 2.53. The fourth-order valence-corrected chi connectivity index (χ4v) is 3.08. The number of hydrogen-bond acceptors (Lipinski definition) is 1. The molecule has 3 rings (SSSR count). The van der Waals surface area contributed by atoms with Crippen molar-refractivity contribution in [2.45, 2.75) is 13.8 Å². The van der Waals surface area contributed by atoms with Gasteiger partial charge in [0.25, 0.3) is 0 Å². The van der Waals surface area contributed by atoms with Gasteiger partial charge in [-0.3, -0.25) is 4.57 Å². The number of aryl methyl sites for hydroxylation is 2. The van der Waals surface area contributed by atoms with Crippen molar-refractivity contribution >= 4 is 46.5 Å². The SMILES string of the molecule is Cc1cc(Cl)c(-n2c(=S)[nH]c3c(C)cccc32)cc1Cl. The lowest BCUT2D eigenvalue weighted by Crippen LogP contribution is -1.96. The molecule has 1 aromatic heterocycles. The van der Waals surface area contributed by atoms with E-state index in [-0.39, 0.29) is 0 Å². The van der Waals surface area contributed by atoms with E-state index in [1.165, 1.54) is 0 Å². The van der Waals surface area contributed by atoms with Gasteiger partial charge in [0.05, 0.1) is 21.7 Å². The molecule has 0 radical (unpaired) electrons.